The fourth-order valence-corrected chi connectivity index (χ4v) is 4.92. The summed E-state index contributed by atoms with van der Waals surface area (Å²) in [4.78, 5) is 0. The minimum atomic E-state index is 0.538. The molecule has 0 unspecified atom stereocenters. The van der Waals surface area contributed by atoms with Crippen LogP contribution < -0.4 is 9.47 Å². The molecule has 2 aromatic carbocycles. The lowest BCUT2D eigenvalue weighted by Crippen LogP contribution is -2.14. The van der Waals surface area contributed by atoms with E-state index < -0.39 is 0 Å². The predicted octanol–water partition coefficient (Wildman–Crippen LogP) is 9.02. The normalized spacial score (nSPS) is 11.2. The van der Waals surface area contributed by atoms with Crippen LogP contribution in [0.1, 0.15) is 102 Å². The summed E-state index contributed by atoms with van der Waals surface area (Å²) in [6.07, 6.45) is 18.3. The third-order valence-corrected chi connectivity index (χ3v) is 7.59. The lowest BCUT2D eigenvalue weighted by atomic mass is 10.0. The standard InChI is InChI=1S/C38H62O6/c1-3-5-7-9-11-13-15-35-17-21-37(22-18-35)43-33-31-41-29-27-39-25-26-40-28-30-42-32-34-44-38-23-19-36(20-24-38)16-14-12-10-8-6-4-2/h17-24H,3-16,25-34H2,1-2H3. The zero-order valence-corrected chi connectivity index (χ0v) is 28.0. The largest absolute Gasteiger partial charge is 0.491 e. The average Bonchev–Trinajstić information content (AvgIpc) is 3.05. The molecule has 0 radical (unpaired) electrons. The number of hydrogen-bond donors (Lipinski definition) is 0. The fourth-order valence-electron chi connectivity index (χ4n) is 4.92. The quantitative estimate of drug-likeness (QED) is 0.0790. The van der Waals surface area contributed by atoms with Gasteiger partial charge in [-0.25, -0.2) is 0 Å². The van der Waals surface area contributed by atoms with E-state index in [1.54, 1.807) is 0 Å². The Bertz CT molecular complexity index is 796. The van der Waals surface area contributed by atoms with Crippen LogP contribution in [0.3, 0.4) is 0 Å². The molecule has 0 aliphatic carbocycles. The van der Waals surface area contributed by atoms with Crippen molar-refractivity contribution in [1.82, 2.24) is 0 Å². The van der Waals surface area contributed by atoms with Gasteiger partial charge >= 0.3 is 0 Å². The van der Waals surface area contributed by atoms with E-state index in [-0.39, 0.29) is 0 Å². The molecule has 0 aromatic heterocycles. The second kappa shape index (κ2) is 28.4. The van der Waals surface area contributed by atoms with Crippen LogP contribution in [0.25, 0.3) is 0 Å². The summed E-state index contributed by atoms with van der Waals surface area (Å²) in [5.41, 5.74) is 2.77. The molecule has 0 spiro atoms. The summed E-state index contributed by atoms with van der Waals surface area (Å²) in [6, 6.07) is 16.9. The number of ether oxygens (including phenoxy) is 6. The minimum Gasteiger partial charge on any atom is -0.491 e. The van der Waals surface area contributed by atoms with E-state index in [1.165, 1.54) is 88.2 Å². The maximum absolute atomic E-state index is 5.78. The molecule has 44 heavy (non-hydrogen) atoms. The molecule has 6 heteroatoms. The van der Waals surface area contributed by atoms with Crippen molar-refractivity contribution in [2.24, 2.45) is 0 Å². The van der Waals surface area contributed by atoms with Crippen LogP contribution in [0.15, 0.2) is 48.5 Å². The number of aryl methyl sites for hydroxylation is 2. The second-order valence-corrected chi connectivity index (χ2v) is 11.5. The van der Waals surface area contributed by atoms with E-state index in [0.29, 0.717) is 66.1 Å². The van der Waals surface area contributed by atoms with Crippen molar-refractivity contribution in [3.05, 3.63) is 59.7 Å². The molecule has 0 amide bonds. The molecule has 6 nitrogen and oxygen atoms in total. The molecule has 0 fully saturated rings. The van der Waals surface area contributed by atoms with E-state index in [1.807, 2.05) is 0 Å². The van der Waals surface area contributed by atoms with E-state index >= 15 is 0 Å². The maximum atomic E-state index is 5.78. The SMILES string of the molecule is CCCCCCCCc1ccc(OCCOCCOCCOCCOCCOc2ccc(CCCCCCCC)cc2)cc1. The van der Waals surface area contributed by atoms with Crippen molar-refractivity contribution in [2.75, 3.05) is 66.1 Å². The van der Waals surface area contributed by atoms with Crippen molar-refractivity contribution in [1.29, 1.82) is 0 Å². The van der Waals surface area contributed by atoms with Crippen molar-refractivity contribution < 1.29 is 28.4 Å². The molecule has 0 heterocycles. The number of rotatable bonds is 31. The van der Waals surface area contributed by atoms with Gasteiger partial charge in [-0.15, -0.1) is 0 Å². The summed E-state index contributed by atoms with van der Waals surface area (Å²) in [6.45, 7) is 9.97. The molecule has 0 bridgehead atoms. The lowest BCUT2D eigenvalue weighted by molar-refractivity contribution is -0.00699. The maximum Gasteiger partial charge on any atom is 0.119 e. The van der Waals surface area contributed by atoms with Gasteiger partial charge in [-0.1, -0.05) is 102 Å². The monoisotopic (exact) mass is 614 g/mol. The first-order valence-electron chi connectivity index (χ1n) is 17.6. The van der Waals surface area contributed by atoms with Gasteiger partial charge in [0, 0.05) is 0 Å². The van der Waals surface area contributed by atoms with Gasteiger partial charge in [0.2, 0.25) is 0 Å². The van der Waals surface area contributed by atoms with Gasteiger partial charge in [-0.3, -0.25) is 0 Å². The zero-order chi connectivity index (χ0) is 31.2. The lowest BCUT2D eigenvalue weighted by Gasteiger charge is -2.09. The van der Waals surface area contributed by atoms with E-state index in [2.05, 4.69) is 62.4 Å². The zero-order valence-electron chi connectivity index (χ0n) is 28.0. The van der Waals surface area contributed by atoms with Crippen molar-refractivity contribution >= 4 is 0 Å². The summed E-state index contributed by atoms with van der Waals surface area (Å²) < 4.78 is 33.9. The average molecular weight is 615 g/mol. The topological polar surface area (TPSA) is 55.4 Å². The molecular weight excluding hydrogens is 552 g/mol. The van der Waals surface area contributed by atoms with Crippen LogP contribution in [0.2, 0.25) is 0 Å². The highest BCUT2D eigenvalue weighted by atomic mass is 16.6. The van der Waals surface area contributed by atoms with Crippen molar-refractivity contribution in [3.8, 4) is 11.5 Å². The Morgan fingerprint density at radius 1 is 0.341 bits per heavy atom. The van der Waals surface area contributed by atoms with E-state index in [0.717, 1.165) is 24.3 Å². The second-order valence-electron chi connectivity index (χ2n) is 11.5. The Morgan fingerprint density at radius 3 is 0.977 bits per heavy atom. The first kappa shape index (κ1) is 38.1. The van der Waals surface area contributed by atoms with Crippen molar-refractivity contribution in [2.45, 2.75) is 104 Å². The molecule has 0 aliphatic rings. The Labute approximate surface area is 269 Å². The molecule has 0 aliphatic heterocycles. The Balaban J connectivity index is 1.30. The molecule has 2 aromatic rings. The van der Waals surface area contributed by atoms with Crippen LogP contribution in [-0.4, -0.2) is 66.1 Å². The van der Waals surface area contributed by atoms with E-state index in [4.69, 9.17) is 28.4 Å². The van der Waals surface area contributed by atoms with Crippen LogP contribution in [0.4, 0.5) is 0 Å². The third-order valence-electron chi connectivity index (χ3n) is 7.59. The fraction of sp³-hybridized carbons (Fsp3) is 0.684. The molecular formula is C38H62O6. The van der Waals surface area contributed by atoms with Gasteiger partial charge in [-0.05, 0) is 61.1 Å². The van der Waals surface area contributed by atoms with Crippen molar-refractivity contribution in [3.63, 3.8) is 0 Å². The van der Waals surface area contributed by atoms with Crippen LogP contribution >= 0.6 is 0 Å². The molecule has 250 valence electrons. The highest BCUT2D eigenvalue weighted by Gasteiger charge is 2.00. The highest BCUT2D eigenvalue weighted by Crippen LogP contribution is 2.16. The molecule has 0 saturated carbocycles. The van der Waals surface area contributed by atoms with Gasteiger partial charge in [0.25, 0.3) is 0 Å². The smallest absolute Gasteiger partial charge is 0.119 e. The van der Waals surface area contributed by atoms with Crippen LogP contribution in [0, 0.1) is 0 Å². The van der Waals surface area contributed by atoms with Gasteiger partial charge in [-0.2, -0.15) is 0 Å². The van der Waals surface area contributed by atoms with Crippen LogP contribution in [-0.2, 0) is 31.8 Å². The van der Waals surface area contributed by atoms with Gasteiger partial charge in [0.15, 0.2) is 0 Å². The first-order chi connectivity index (χ1) is 21.8. The summed E-state index contributed by atoms with van der Waals surface area (Å²) >= 11 is 0. The highest BCUT2D eigenvalue weighted by molar-refractivity contribution is 5.28. The molecule has 0 N–H and O–H groups in total. The number of unbranched alkanes of at least 4 members (excludes halogenated alkanes) is 10. The Kier molecular flexibility index (Phi) is 24.5. The molecule has 2 rings (SSSR count). The Morgan fingerprint density at radius 2 is 0.636 bits per heavy atom. The van der Waals surface area contributed by atoms with E-state index in [9.17, 15) is 0 Å². The molecule has 0 atom stereocenters. The number of benzene rings is 2. The van der Waals surface area contributed by atoms with Gasteiger partial charge in [0.05, 0.1) is 52.9 Å². The number of hydrogen-bond acceptors (Lipinski definition) is 6. The third kappa shape index (κ3) is 21.6. The van der Waals surface area contributed by atoms with Gasteiger partial charge in [0.1, 0.15) is 24.7 Å². The Hall–Kier alpha value is -2.12. The first-order valence-corrected chi connectivity index (χ1v) is 17.6. The minimum absolute atomic E-state index is 0.538. The summed E-state index contributed by atoms with van der Waals surface area (Å²) in [7, 11) is 0. The predicted molar refractivity (Wildman–Crippen MR) is 181 cm³/mol. The molecule has 0 saturated heterocycles. The summed E-state index contributed by atoms with van der Waals surface area (Å²) in [5, 5.41) is 0. The van der Waals surface area contributed by atoms with Gasteiger partial charge < -0.3 is 28.4 Å². The van der Waals surface area contributed by atoms with Crippen LogP contribution in [0.5, 0.6) is 11.5 Å². The summed E-state index contributed by atoms with van der Waals surface area (Å²) in [5.74, 6) is 1.79.